The van der Waals surface area contributed by atoms with Gasteiger partial charge in [-0.3, -0.25) is 14.5 Å². The number of anilines is 1. The highest BCUT2D eigenvalue weighted by Gasteiger charge is 2.22. The third-order valence-corrected chi connectivity index (χ3v) is 5.70. The number of urea groups is 1. The number of amides is 4. The Bertz CT molecular complexity index is 899. The Kier molecular flexibility index (Phi) is 9.26. The zero-order valence-electron chi connectivity index (χ0n) is 19.1. The molecule has 3 rings (SSSR count). The Morgan fingerprint density at radius 3 is 2.24 bits per heavy atom. The highest BCUT2D eigenvalue weighted by atomic mass is 16.2. The Morgan fingerprint density at radius 2 is 1.61 bits per heavy atom. The van der Waals surface area contributed by atoms with Crippen molar-refractivity contribution in [2.75, 3.05) is 38.0 Å². The summed E-state index contributed by atoms with van der Waals surface area (Å²) in [6, 6.07) is 18.9. The first-order valence-electron chi connectivity index (χ1n) is 11.5. The number of para-hydroxylation sites is 1. The van der Waals surface area contributed by atoms with Crippen LogP contribution in [-0.4, -0.2) is 66.4 Å². The summed E-state index contributed by atoms with van der Waals surface area (Å²) in [5.41, 5.74) is 1.84. The molecular weight excluding hydrogens is 418 g/mol. The van der Waals surface area contributed by atoms with E-state index < -0.39 is 0 Å². The van der Waals surface area contributed by atoms with Crippen molar-refractivity contribution in [1.29, 1.82) is 0 Å². The molecule has 0 aliphatic carbocycles. The van der Waals surface area contributed by atoms with Crippen LogP contribution in [0.25, 0.3) is 0 Å². The number of carbonyl (C=O) groups is 3. The van der Waals surface area contributed by atoms with Gasteiger partial charge in [-0.15, -0.1) is 0 Å². The van der Waals surface area contributed by atoms with Gasteiger partial charge >= 0.3 is 6.03 Å². The molecule has 0 spiro atoms. The predicted molar refractivity (Wildman–Crippen MR) is 129 cm³/mol. The number of nitrogens with zero attached hydrogens (tertiary/aromatic N) is 2. The van der Waals surface area contributed by atoms with Crippen molar-refractivity contribution >= 4 is 23.5 Å². The molecule has 4 amide bonds. The molecule has 0 bridgehead atoms. The van der Waals surface area contributed by atoms with Gasteiger partial charge in [0.25, 0.3) is 0 Å². The number of hydrogen-bond donors (Lipinski definition) is 3. The van der Waals surface area contributed by atoms with Gasteiger partial charge in [0.15, 0.2) is 0 Å². The van der Waals surface area contributed by atoms with Crippen LogP contribution >= 0.6 is 0 Å². The topological polar surface area (TPSA) is 93.8 Å². The standard InChI is InChI=1S/C25H33N5O3/c1-2-30(18-20-9-5-3-6-10-20)24(32)17-26-25(33)28-22-13-15-29(16-14-22)19-23(31)27-21-11-7-4-8-12-21/h3-12,22H,2,13-19H2,1H3,(H,27,31)(H2,26,28,33). The third kappa shape index (κ3) is 8.23. The molecule has 0 unspecified atom stereocenters. The highest BCUT2D eigenvalue weighted by Crippen LogP contribution is 2.11. The number of benzene rings is 2. The van der Waals surface area contributed by atoms with Crippen LogP contribution in [0.3, 0.4) is 0 Å². The summed E-state index contributed by atoms with van der Waals surface area (Å²) in [7, 11) is 0. The minimum atomic E-state index is -0.334. The molecule has 8 nitrogen and oxygen atoms in total. The van der Waals surface area contributed by atoms with Crippen molar-refractivity contribution in [2.45, 2.75) is 32.4 Å². The second kappa shape index (κ2) is 12.6. The fourth-order valence-corrected chi connectivity index (χ4v) is 3.84. The molecular formula is C25H33N5O3. The van der Waals surface area contributed by atoms with Crippen LogP contribution < -0.4 is 16.0 Å². The van der Waals surface area contributed by atoms with Crippen molar-refractivity contribution in [2.24, 2.45) is 0 Å². The lowest BCUT2D eigenvalue weighted by Gasteiger charge is -2.31. The van der Waals surface area contributed by atoms with Gasteiger partial charge in [-0.25, -0.2) is 4.79 Å². The number of nitrogens with one attached hydrogen (secondary N) is 3. The quantitative estimate of drug-likeness (QED) is 0.546. The Morgan fingerprint density at radius 1 is 0.970 bits per heavy atom. The summed E-state index contributed by atoms with van der Waals surface area (Å²) in [6.45, 7) is 4.78. The van der Waals surface area contributed by atoms with E-state index in [0.29, 0.717) is 19.6 Å². The van der Waals surface area contributed by atoms with E-state index in [4.69, 9.17) is 0 Å². The number of piperidine rings is 1. The molecule has 1 fully saturated rings. The van der Waals surface area contributed by atoms with Crippen LogP contribution in [0.5, 0.6) is 0 Å². The SMILES string of the molecule is CCN(Cc1ccccc1)C(=O)CNC(=O)NC1CCN(CC(=O)Nc2ccccc2)CC1. The maximum Gasteiger partial charge on any atom is 0.315 e. The third-order valence-electron chi connectivity index (χ3n) is 5.70. The van der Waals surface area contributed by atoms with Crippen LogP contribution in [0.1, 0.15) is 25.3 Å². The maximum absolute atomic E-state index is 12.5. The predicted octanol–water partition coefficient (Wildman–Crippen LogP) is 2.44. The lowest BCUT2D eigenvalue weighted by atomic mass is 10.1. The molecule has 1 aliphatic heterocycles. The maximum atomic E-state index is 12.5. The van der Waals surface area contributed by atoms with E-state index in [1.165, 1.54) is 0 Å². The highest BCUT2D eigenvalue weighted by molar-refractivity contribution is 5.92. The van der Waals surface area contributed by atoms with E-state index in [-0.39, 0.29) is 30.4 Å². The molecule has 0 atom stereocenters. The van der Waals surface area contributed by atoms with Crippen LogP contribution in [0, 0.1) is 0 Å². The van der Waals surface area contributed by atoms with Gasteiger partial charge < -0.3 is 20.9 Å². The first-order valence-corrected chi connectivity index (χ1v) is 11.5. The Labute approximate surface area is 195 Å². The van der Waals surface area contributed by atoms with E-state index in [9.17, 15) is 14.4 Å². The molecule has 1 saturated heterocycles. The molecule has 33 heavy (non-hydrogen) atoms. The lowest BCUT2D eigenvalue weighted by Crippen LogP contribution is -2.50. The van der Waals surface area contributed by atoms with Gasteiger partial charge in [0.2, 0.25) is 11.8 Å². The van der Waals surface area contributed by atoms with Gasteiger partial charge in [0.05, 0.1) is 13.1 Å². The zero-order chi connectivity index (χ0) is 23.5. The van der Waals surface area contributed by atoms with E-state index in [1.54, 1.807) is 4.90 Å². The van der Waals surface area contributed by atoms with Crippen LogP contribution in [-0.2, 0) is 16.1 Å². The summed E-state index contributed by atoms with van der Waals surface area (Å²) in [5, 5.41) is 8.52. The number of likely N-dealkylation sites (tertiary alicyclic amines) is 1. The Hall–Kier alpha value is -3.39. The fraction of sp³-hybridized carbons (Fsp3) is 0.400. The van der Waals surface area contributed by atoms with Gasteiger partial charge in [-0.05, 0) is 37.5 Å². The van der Waals surface area contributed by atoms with Gasteiger partial charge in [-0.1, -0.05) is 48.5 Å². The minimum absolute atomic E-state index is 0.0279. The van der Waals surface area contributed by atoms with Crippen molar-refractivity contribution in [1.82, 2.24) is 20.4 Å². The zero-order valence-corrected chi connectivity index (χ0v) is 19.1. The Balaban J connectivity index is 1.33. The van der Waals surface area contributed by atoms with E-state index in [2.05, 4.69) is 20.9 Å². The van der Waals surface area contributed by atoms with Crippen molar-refractivity contribution in [3.8, 4) is 0 Å². The van der Waals surface area contributed by atoms with Gasteiger partial charge in [0, 0.05) is 37.9 Å². The summed E-state index contributed by atoms with van der Waals surface area (Å²) in [5.74, 6) is -0.157. The molecule has 0 aromatic heterocycles. The number of carbonyl (C=O) groups excluding carboxylic acids is 3. The number of likely N-dealkylation sites (N-methyl/N-ethyl adjacent to an activating group) is 1. The van der Waals surface area contributed by atoms with Gasteiger partial charge in [-0.2, -0.15) is 0 Å². The summed E-state index contributed by atoms with van der Waals surface area (Å²) in [4.78, 5) is 40.8. The minimum Gasteiger partial charge on any atom is -0.337 e. The normalized spacial score (nSPS) is 14.3. The number of hydrogen-bond acceptors (Lipinski definition) is 4. The summed E-state index contributed by atoms with van der Waals surface area (Å²) < 4.78 is 0. The average Bonchev–Trinajstić information content (AvgIpc) is 2.83. The molecule has 2 aromatic rings. The molecule has 0 radical (unpaired) electrons. The first kappa shape index (κ1) is 24.3. The molecule has 176 valence electrons. The van der Waals surface area contributed by atoms with Crippen molar-refractivity contribution in [3.63, 3.8) is 0 Å². The molecule has 1 aliphatic rings. The largest absolute Gasteiger partial charge is 0.337 e. The summed E-state index contributed by atoms with van der Waals surface area (Å²) >= 11 is 0. The van der Waals surface area contributed by atoms with Gasteiger partial charge in [0.1, 0.15) is 0 Å². The molecule has 8 heteroatoms. The lowest BCUT2D eigenvalue weighted by molar-refractivity contribution is -0.130. The van der Waals surface area contributed by atoms with E-state index in [1.807, 2.05) is 67.6 Å². The summed E-state index contributed by atoms with van der Waals surface area (Å²) in [6.07, 6.45) is 1.52. The van der Waals surface area contributed by atoms with Crippen LogP contribution in [0.2, 0.25) is 0 Å². The van der Waals surface area contributed by atoms with Crippen LogP contribution in [0.4, 0.5) is 10.5 Å². The molecule has 3 N–H and O–H groups in total. The van der Waals surface area contributed by atoms with Crippen molar-refractivity contribution in [3.05, 3.63) is 66.2 Å². The van der Waals surface area contributed by atoms with E-state index >= 15 is 0 Å². The number of rotatable bonds is 9. The second-order valence-electron chi connectivity index (χ2n) is 8.19. The molecule has 1 heterocycles. The average molecular weight is 452 g/mol. The molecule has 0 saturated carbocycles. The monoisotopic (exact) mass is 451 g/mol. The van der Waals surface area contributed by atoms with Crippen LogP contribution in [0.15, 0.2) is 60.7 Å². The van der Waals surface area contributed by atoms with Crippen molar-refractivity contribution < 1.29 is 14.4 Å². The smallest absolute Gasteiger partial charge is 0.315 e. The first-order chi connectivity index (χ1) is 16.0. The van der Waals surface area contributed by atoms with E-state index in [0.717, 1.165) is 37.2 Å². The second-order valence-corrected chi connectivity index (χ2v) is 8.19. The fourth-order valence-electron chi connectivity index (χ4n) is 3.84. The molecule has 2 aromatic carbocycles.